The average molecular weight is 240 g/mol. The molecule has 2 aromatic carbocycles. The van der Waals surface area contributed by atoms with E-state index in [1.807, 2.05) is 30.3 Å². The van der Waals surface area contributed by atoms with Crippen LogP contribution in [0.15, 0.2) is 42.5 Å². The molecule has 0 bridgehead atoms. The molecule has 0 spiro atoms. The first kappa shape index (κ1) is 10.6. The van der Waals surface area contributed by atoms with Crippen LogP contribution in [0.2, 0.25) is 0 Å². The van der Waals surface area contributed by atoms with Gasteiger partial charge < -0.3 is 14.3 Å². The van der Waals surface area contributed by atoms with Crippen LogP contribution in [-0.4, -0.2) is 9.79 Å². The Morgan fingerprint density at radius 2 is 1.67 bits per heavy atom. The van der Waals surface area contributed by atoms with Crippen molar-refractivity contribution in [1.82, 2.24) is 0 Å². The normalized spacial score (nSPS) is 11.6. The summed E-state index contributed by atoms with van der Waals surface area (Å²) in [6, 6.07) is 13.0. The second-order valence-corrected chi connectivity index (χ2v) is 5.68. The molecule has 0 aromatic heterocycles. The molecule has 5 heteroatoms. The predicted molar refractivity (Wildman–Crippen MR) is 63.3 cm³/mol. The summed E-state index contributed by atoms with van der Waals surface area (Å²) < 4.78 is 4.85. The maximum absolute atomic E-state index is 9.00. The van der Waals surface area contributed by atoms with E-state index in [2.05, 4.69) is 11.8 Å². The van der Waals surface area contributed by atoms with E-state index in [9.17, 15) is 0 Å². The van der Waals surface area contributed by atoms with E-state index < -0.39 is 6.72 Å². The molecule has 0 heterocycles. The Morgan fingerprint density at radius 3 is 2.33 bits per heavy atom. The van der Waals surface area contributed by atoms with Gasteiger partial charge >= 0.3 is 6.72 Å². The molecular formula is C10H9O3PS. The third-order valence-corrected chi connectivity index (χ3v) is 2.62. The van der Waals surface area contributed by atoms with Gasteiger partial charge in [0.05, 0.1) is 0 Å². The van der Waals surface area contributed by atoms with Crippen LogP contribution in [0.5, 0.6) is 5.75 Å². The minimum atomic E-state index is -3.63. The zero-order valence-corrected chi connectivity index (χ0v) is 9.41. The molecule has 0 saturated heterocycles. The van der Waals surface area contributed by atoms with Crippen LogP contribution < -0.4 is 4.52 Å². The highest BCUT2D eigenvalue weighted by Gasteiger charge is 2.09. The zero-order chi connectivity index (χ0) is 10.9. The summed E-state index contributed by atoms with van der Waals surface area (Å²) in [5, 5.41) is 2.03. The van der Waals surface area contributed by atoms with Crippen molar-refractivity contribution in [3.05, 3.63) is 42.5 Å². The summed E-state index contributed by atoms with van der Waals surface area (Å²) in [5.74, 6) is 0.377. The lowest BCUT2D eigenvalue weighted by Crippen LogP contribution is -1.89. The van der Waals surface area contributed by atoms with Gasteiger partial charge in [-0.1, -0.05) is 30.3 Å². The van der Waals surface area contributed by atoms with Crippen LogP contribution in [0.4, 0.5) is 0 Å². The minimum Gasteiger partial charge on any atom is -0.424 e. The molecule has 0 radical (unpaired) electrons. The predicted octanol–water partition coefficient (Wildman–Crippen LogP) is 2.43. The third kappa shape index (κ3) is 2.76. The van der Waals surface area contributed by atoms with Gasteiger partial charge in [0, 0.05) is 11.8 Å². The lowest BCUT2D eigenvalue weighted by molar-refractivity contribution is 0.371. The summed E-state index contributed by atoms with van der Waals surface area (Å²) in [6.45, 7) is -3.63. The SMILES string of the molecule is OP(O)(=S)Oc1ccc2ccccc2c1. The molecule has 0 unspecified atom stereocenters. The number of rotatable bonds is 2. The molecular weight excluding hydrogens is 231 g/mol. The first-order valence-corrected chi connectivity index (χ1v) is 6.91. The van der Waals surface area contributed by atoms with Gasteiger partial charge in [-0.2, -0.15) is 0 Å². The summed E-state index contributed by atoms with van der Waals surface area (Å²) >= 11 is 4.39. The molecule has 0 atom stereocenters. The Bertz CT molecular complexity index is 535. The molecule has 0 aliphatic rings. The Kier molecular flexibility index (Phi) is 2.76. The van der Waals surface area contributed by atoms with Gasteiger partial charge in [-0.05, 0) is 22.9 Å². The van der Waals surface area contributed by atoms with Crippen molar-refractivity contribution in [2.45, 2.75) is 0 Å². The largest absolute Gasteiger partial charge is 0.424 e. The Labute approximate surface area is 92.2 Å². The number of fused-ring (bicyclic) bond motifs is 1. The Hall–Kier alpha value is -0.930. The van der Waals surface area contributed by atoms with Gasteiger partial charge in [0.2, 0.25) is 0 Å². The minimum absolute atomic E-state index is 0.377. The monoisotopic (exact) mass is 240 g/mol. The van der Waals surface area contributed by atoms with Crippen molar-refractivity contribution in [3.63, 3.8) is 0 Å². The van der Waals surface area contributed by atoms with Crippen LogP contribution >= 0.6 is 6.72 Å². The highest BCUT2D eigenvalue weighted by Crippen LogP contribution is 2.38. The average Bonchev–Trinajstić information content (AvgIpc) is 2.15. The zero-order valence-electron chi connectivity index (χ0n) is 7.70. The quantitative estimate of drug-likeness (QED) is 0.791. The summed E-state index contributed by atoms with van der Waals surface area (Å²) in [5.41, 5.74) is 0. The van der Waals surface area contributed by atoms with Gasteiger partial charge in [0.15, 0.2) is 0 Å². The molecule has 2 N–H and O–H groups in total. The number of hydrogen-bond donors (Lipinski definition) is 2. The molecule has 0 amide bonds. The molecule has 15 heavy (non-hydrogen) atoms. The standard InChI is InChI=1S/C10H9O3PS/c11-14(12,15)13-10-6-5-8-3-1-2-4-9(8)7-10/h1-7H,(H2,11,12,15). The fraction of sp³-hybridized carbons (Fsp3) is 0. The highest BCUT2D eigenvalue weighted by molar-refractivity contribution is 8.06. The topological polar surface area (TPSA) is 49.7 Å². The number of hydrogen-bond acceptors (Lipinski definition) is 2. The van der Waals surface area contributed by atoms with Gasteiger partial charge in [-0.15, -0.1) is 0 Å². The Balaban J connectivity index is 2.43. The Morgan fingerprint density at radius 1 is 1.00 bits per heavy atom. The molecule has 0 fully saturated rings. The molecule has 0 aliphatic carbocycles. The smallest absolute Gasteiger partial charge is 0.375 e. The summed E-state index contributed by atoms with van der Waals surface area (Å²) in [7, 11) is 0. The van der Waals surface area contributed by atoms with Crippen molar-refractivity contribution in [3.8, 4) is 5.75 Å². The van der Waals surface area contributed by atoms with Crippen molar-refractivity contribution in [2.24, 2.45) is 0 Å². The molecule has 0 saturated carbocycles. The molecule has 3 nitrogen and oxygen atoms in total. The van der Waals surface area contributed by atoms with Crippen LogP contribution in [0.1, 0.15) is 0 Å². The summed E-state index contributed by atoms with van der Waals surface area (Å²) in [4.78, 5) is 18.0. The van der Waals surface area contributed by atoms with Crippen LogP contribution in [0.3, 0.4) is 0 Å². The van der Waals surface area contributed by atoms with E-state index in [1.54, 1.807) is 12.1 Å². The maximum atomic E-state index is 9.00. The van der Waals surface area contributed by atoms with Crippen LogP contribution in [0.25, 0.3) is 10.8 Å². The van der Waals surface area contributed by atoms with Gasteiger partial charge in [-0.25, -0.2) is 0 Å². The van der Waals surface area contributed by atoms with E-state index in [4.69, 9.17) is 14.3 Å². The number of benzene rings is 2. The fourth-order valence-corrected chi connectivity index (χ4v) is 2.01. The highest BCUT2D eigenvalue weighted by atomic mass is 32.5. The maximum Gasteiger partial charge on any atom is 0.375 e. The van der Waals surface area contributed by atoms with Crippen molar-refractivity contribution < 1.29 is 14.3 Å². The summed E-state index contributed by atoms with van der Waals surface area (Å²) in [6.07, 6.45) is 0. The fourth-order valence-electron chi connectivity index (χ4n) is 1.36. The molecule has 0 aliphatic heterocycles. The van der Waals surface area contributed by atoms with Crippen molar-refractivity contribution in [1.29, 1.82) is 0 Å². The molecule has 2 rings (SSSR count). The van der Waals surface area contributed by atoms with Gasteiger partial charge in [0.25, 0.3) is 0 Å². The van der Waals surface area contributed by atoms with Crippen LogP contribution in [-0.2, 0) is 11.8 Å². The second-order valence-electron chi connectivity index (χ2n) is 3.09. The third-order valence-electron chi connectivity index (χ3n) is 1.95. The lowest BCUT2D eigenvalue weighted by atomic mass is 10.1. The first-order valence-electron chi connectivity index (χ1n) is 4.28. The van der Waals surface area contributed by atoms with E-state index >= 15 is 0 Å². The van der Waals surface area contributed by atoms with E-state index in [0.29, 0.717) is 5.75 Å². The van der Waals surface area contributed by atoms with E-state index in [0.717, 1.165) is 10.8 Å². The second kappa shape index (κ2) is 3.91. The van der Waals surface area contributed by atoms with Crippen molar-refractivity contribution >= 4 is 29.3 Å². The van der Waals surface area contributed by atoms with E-state index in [-0.39, 0.29) is 0 Å². The molecule has 2 aromatic rings. The lowest BCUT2D eigenvalue weighted by Gasteiger charge is -2.10. The first-order chi connectivity index (χ1) is 7.04. The molecule has 78 valence electrons. The van der Waals surface area contributed by atoms with Gasteiger partial charge in [-0.3, -0.25) is 0 Å². The van der Waals surface area contributed by atoms with Crippen LogP contribution in [0, 0.1) is 0 Å². The van der Waals surface area contributed by atoms with Crippen molar-refractivity contribution in [2.75, 3.05) is 0 Å². The van der Waals surface area contributed by atoms with E-state index in [1.165, 1.54) is 0 Å². The van der Waals surface area contributed by atoms with Gasteiger partial charge in [0.1, 0.15) is 5.75 Å².